The minimum atomic E-state index is -0.191. The van der Waals surface area contributed by atoms with Crippen molar-refractivity contribution in [2.45, 2.75) is 44.7 Å². The lowest BCUT2D eigenvalue weighted by atomic mass is 10.1. The molecule has 9 heteroatoms. The van der Waals surface area contributed by atoms with Crippen molar-refractivity contribution in [1.29, 1.82) is 0 Å². The van der Waals surface area contributed by atoms with Crippen LogP contribution < -0.4 is 10.6 Å². The van der Waals surface area contributed by atoms with Crippen LogP contribution in [0.25, 0.3) is 11.0 Å². The van der Waals surface area contributed by atoms with Crippen LogP contribution in [-0.4, -0.2) is 44.4 Å². The Balaban J connectivity index is 1.25. The van der Waals surface area contributed by atoms with Crippen LogP contribution in [0.3, 0.4) is 0 Å². The van der Waals surface area contributed by atoms with Gasteiger partial charge in [-0.15, -0.1) is 0 Å². The third-order valence-corrected chi connectivity index (χ3v) is 6.59. The number of thiazole rings is 1. The van der Waals surface area contributed by atoms with Gasteiger partial charge in [0, 0.05) is 29.4 Å². The second-order valence-corrected chi connectivity index (χ2v) is 8.66. The average molecular weight is 411 g/mol. The van der Waals surface area contributed by atoms with Gasteiger partial charge in [-0.2, -0.15) is 0 Å². The quantitative estimate of drug-likeness (QED) is 0.616. The summed E-state index contributed by atoms with van der Waals surface area (Å²) in [5.41, 5.74) is 3.31. The van der Waals surface area contributed by atoms with Gasteiger partial charge in [-0.3, -0.25) is 10.1 Å². The van der Waals surface area contributed by atoms with Gasteiger partial charge in [-0.05, 0) is 31.0 Å². The molecule has 0 spiro atoms. The molecule has 1 saturated carbocycles. The molecule has 150 valence electrons. The molecule has 2 aromatic heterocycles. The summed E-state index contributed by atoms with van der Waals surface area (Å²) < 4.78 is 0. The van der Waals surface area contributed by atoms with E-state index in [1.807, 2.05) is 23.1 Å². The zero-order valence-electron chi connectivity index (χ0n) is 15.9. The number of hydrogen-bond donors (Lipinski definition) is 3. The number of hydrogen-bond acceptors (Lipinski definition) is 5. The molecule has 3 heterocycles. The van der Waals surface area contributed by atoms with Crippen LogP contribution in [0.1, 0.15) is 46.6 Å². The summed E-state index contributed by atoms with van der Waals surface area (Å²) >= 11 is 1.45. The molecular formula is C20H22N6O2S. The maximum Gasteiger partial charge on any atom is 0.321 e. The SMILES string of the molecule is O=C(Nc1nc2c(s1)CN(C(=O)c1ccc3nc[nH]c3c1)CC2)NC1CCCC1. The number of H-pyrrole nitrogens is 1. The summed E-state index contributed by atoms with van der Waals surface area (Å²) in [4.78, 5) is 39.8. The van der Waals surface area contributed by atoms with E-state index in [0.717, 1.165) is 34.4 Å². The molecule has 29 heavy (non-hydrogen) atoms. The molecule has 1 aromatic carbocycles. The second-order valence-electron chi connectivity index (χ2n) is 7.58. The summed E-state index contributed by atoms with van der Waals surface area (Å²) in [6.07, 6.45) is 6.75. The van der Waals surface area contributed by atoms with Gasteiger partial charge in [0.25, 0.3) is 5.91 Å². The van der Waals surface area contributed by atoms with Crippen LogP contribution in [-0.2, 0) is 13.0 Å². The molecule has 0 radical (unpaired) electrons. The Labute approximate surface area is 171 Å². The second kappa shape index (κ2) is 7.47. The maximum absolute atomic E-state index is 12.9. The van der Waals surface area contributed by atoms with Gasteiger partial charge in [-0.1, -0.05) is 24.2 Å². The lowest BCUT2D eigenvalue weighted by Crippen LogP contribution is -2.36. The minimum absolute atomic E-state index is 0.00552. The first-order valence-electron chi connectivity index (χ1n) is 9.94. The summed E-state index contributed by atoms with van der Waals surface area (Å²) in [5.74, 6) is -0.00552. The Morgan fingerprint density at radius 3 is 2.97 bits per heavy atom. The monoisotopic (exact) mass is 410 g/mol. The molecule has 3 amide bonds. The standard InChI is InChI=1S/C20H22N6O2S/c27-18(12-5-6-14-16(9-12)22-11-21-14)26-8-7-15-17(10-26)29-20(24-15)25-19(28)23-13-3-1-2-4-13/h5-6,9,11,13H,1-4,7-8,10H2,(H,21,22)(H2,23,24,25,28). The highest BCUT2D eigenvalue weighted by molar-refractivity contribution is 7.15. The lowest BCUT2D eigenvalue weighted by Gasteiger charge is -2.26. The highest BCUT2D eigenvalue weighted by Crippen LogP contribution is 2.29. The zero-order valence-corrected chi connectivity index (χ0v) is 16.7. The third kappa shape index (κ3) is 3.69. The first-order valence-corrected chi connectivity index (χ1v) is 10.8. The van der Waals surface area contributed by atoms with Crippen molar-refractivity contribution in [3.63, 3.8) is 0 Å². The van der Waals surface area contributed by atoms with Crippen molar-refractivity contribution < 1.29 is 9.59 Å². The van der Waals surface area contributed by atoms with Crippen molar-refractivity contribution in [3.05, 3.63) is 40.7 Å². The van der Waals surface area contributed by atoms with Gasteiger partial charge in [0.05, 0.1) is 29.6 Å². The molecule has 8 nitrogen and oxygen atoms in total. The van der Waals surface area contributed by atoms with Crippen molar-refractivity contribution in [1.82, 2.24) is 25.2 Å². The van der Waals surface area contributed by atoms with E-state index >= 15 is 0 Å². The van der Waals surface area contributed by atoms with E-state index in [1.54, 1.807) is 6.33 Å². The number of aromatic amines is 1. The van der Waals surface area contributed by atoms with Crippen LogP contribution in [0.5, 0.6) is 0 Å². The molecule has 5 rings (SSSR count). The predicted octanol–water partition coefficient (Wildman–Crippen LogP) is 3.28. The summed E-state index contributed by atoms with van der Waals surface area (Å²) in [5, 5.41) is 6.47. The van der Waals surface area contributed by atoms with Crippen LogP contribution >= 0.6 is 11.3 Å². The Bertz CT molecular complexity index is 1070. The first-order chi connectivity index (χ1) is 14.2. The molecule has 3 aromatic rings. The number of fused-ring (bicyclic) bond motifs is 2. The number of nitrogens with one attached hydrogen (secondary N) is 3. The van der Waals surface area contributed by atoms with Crippen LogP contribution in [0.15, 0.2) is 24.5 Å². The zero-order chi connectivity index (χ0) is 19.8. The summed E-state index contributed by atoms with van der Waals surface area (Å²) in [7, 11) is 0. The number of aromatic nitrogens is 3. The fourth-order valence-electron chi connectivity index (χ4n) is 4.06. The van der Waals surface area contributed by atoms with Gasteiger partial charge in [-0.25, -0.2) is 14.8 Å². The fourth-order valence-corrected chi connectivity index (χ4v) is 5.08. The van der Waals surface area contributed by atoms with E-state index in [-0.39, 0.29) is 18.0 Å². The van der Waals surface area contributed by atoms with Gasteiger partial charge >= 0.3 is 6.03 Å². The fraction of sp³-hybridized carbons (Fsp3) is 0.400. The maximum atomic E-state index is 12.9. The highest BCUT2D eigenvalue weighted by Gasteiger charge is 2.26. The summed E-state index contributed by atoms with van der Waals surface area (Å²) in [6, 6.07) is 5.58. The van der Waals surface area contributed by atoms with E-state index in [9.17, 15) is 9.59 Å². The van der Waals surface area contributed by atoms with Crippen molar-refractivity contribution in [3.8, 4) is 0 Å². The van der Waals surface area contributed by atoms with Gasteiger partial charge in [0.1, 0.15) is 0 Å². The Hall–Kier alpha value is -2.94. The summed E-state index contributed by atoms with van der Waals surface area (Å²) in [6.45, 7) is 1.13. The lowest BCUT2D eigenvalue weighted by molar-refractivity contribution is 0.0736. The smallest absolute Gasteiger partial charge is 0.321 e. The topological polar surface area (TPSA) is 103 Å². The predicted molar refractivity (Wildman–Crippen MR) is 111 cm³/mol. The average Bonchev–Trinajstić information content (AvgIpc) is 3.46. The highest BCUT2D eigenvalue weighted by atomic mass is 32.1. The van der Waals surface area contributed by atoms with Crippen LogP contribution in [0, 0.1) is 0 Å². The number of benzene rings is 1. The number of anilines is 1. The van der Waals surface area contributed by atoms with Crippen LogP contribution in [0.2, 0.25) is 0 Å². The Morgan fingerprint density at radius 2 is 2.10 bits per heavy atom. The molecule has 0 bridgehead atoms. The van der Waals surface area contributed by atoms with E-state index in [2.05, 4.69) is 25.6 Å². The van der Waals surface area contributed by atoms with Crippen molar-refractivity contribution in [2.24, 2.45) is 0 Å². The van der Waals surface area contributed by atoms with Crippen molar-refractivity contribution in [2.75, 3.05) is 11.9 Å². The molecule has 1 aliphatic heterocycles. The molecule has 1 aliphatic carbocycles. The van der Waals surface area contributed by atoms with E-state index in [0.29, 0.717) is 30.2 Å². The molecule has 2 aliphatic rings. The van der Waals surface area contributed by atoms with E-state index < -0.39 is 0 Å². The molecule has 0 saturated heterocycles. The largest absolute Gasteiger partial charge is 0.345 e. The molecule has 3 N–H and O–H groups in total. The molecule has 1 fully saturated rings. The number of urea groups is 1. The number of carbonyl (C=O) groups excluding carboxylic acids is 2. The van der Waals surface area contributed by atoms with Gasteiger partial charge in [0.2, 0.25) is 0 Å². The van der Waals surface area contributed by atoms with Crippen molar-refractivity contribution >= 4 is 39.4 Å². The minimum Gasteiger partial charge on any atom is -0.345 e. The first kappa shape index (κ1) is 18.1. The molecule has 0 unspecified atom stereocenters. The van der Waals surface area contributed by atoms with E-state index in [4.69, 9.17) is 0 Å². The number of amides is 3. The number of nitrogens with zero attached hydrogens (tertiary/aromatic N) is 3. The van der Waals surface area contributed by atoms with Gasteiger partial charge in [0.15, 0.2) is 5.13 Å². The molecular weight excluding hydrogens is 388 g/mol. The van der Waals surface area contributed by atoms with Gasteiger partial charge < -0.3 is 15.2 Å². The van der Waals surface area contributed by atoms with Crippen LogP contribution in [0.4, 0.5) is 9.93 Å². The number of imidazole rings is 1. The number of carbonyl (C=O) groups is 2. The third-order valence-electron chi connectivity index (χ3n) is 5.60. The Kier molecular flexibility index (Phi) is 4.67. The van der Waals surface area contributed by atoms with E-state index in [1.165, 1.54) is 24.2 Å². The molecule has 0 atom stereocenters. The normalized spacial score (nSPS) is 16.8. The number of rotatable bonds is 3. The Morgan fingerprint density at radius 1 is 1.24 bits per heavy atom.